The molecule has 0 bridgehead atoms. The van der Waals surface area contributed by atoms with Crippen LogP contribution in [0.5, 0.6) is 0 Å². The van der Waals surface area contributed by atoms with E-state index in [1.165, 1.54) is 71.5 Å². The van der Waals surface area contributed by atoms with Crippen LogP contribution in [0.3, 0.4) is 0 Å². The summed E-state index contributed by atoms with van der Waals surface area (Å²) in [6.45, 7) is 0. The van der Waals surface area contributed by atoms with E-state index >= 15 is 0 Å². The molecule has 2 heteroatoms. The van der Waals surface area contributed by atoms with E-state index in [4.69, 9.17) is 0 Å². The monoisotopic (exact) mass is 884 g/mol. The van der Waals surface area contributed by atoms with E-state index in [0.717, 1.165) is 54.0 Å². The molecule has 9 aromatic carbocycles. The van der Waals surface area contributed by atoms with Crippen molar-refractivity contribution in [2.24, 2.45) is 0 Å². The van der Waals surface area contributed by atoms with Crippen LogP contribution in [0.4, 0.5) is 17.1 Å². The van der Waals surface area contributed by atoms with E-state index in [0.29, 0.717) is 0 Å². The van der Waals surface area contributed by atoms with E-state index in [1.807, 2.05) is 0 Å². The van der Waals surface area contributed by atoms with Crippen molar-refractivity contribution in [1.82, 2.24) is 4.57 Å². The Balaban J connectivity index is 0.860. The Kier molecular flexibility index (Phi) is 11.1. The molecule has 0 unspecified atom stereocenters. The first-order chi connectivity index (χ1) is 34.2. The number of para-hydroxylation sites is 3. The maximum atomic E-state index is 2.42. The van der Waals surface area contributed by atoms with Crippen molar-refractivity contribution < 1.29 is 0 Å². The lowest BCUT2D eigenvalue weighted by Crippen LogP contribution is -2.34. The number of hydrogen-bond donors (Lipinski definition) is 0. The Morgan fingerprint density at radius 1 is 0.406 bits per heavy atom. The second-order valence-electron chi connectivity index (χ2n) is 18.3. The van der Waals surface area contributed by atoms with Crippen LogP contribution in [0.2, 0.25) is 0 Å². The molecule has 2 nitrogen and oxygen atoms in total. The van der Waals surface area contributed by atoms with Gasteiger partial charge < -0.3 is 9.47 Å². The smallest absolute Gasteiger partial charge is 0.0627 e. The van der Waals surface area contributed by atoms with Gasteiger partial charge in [-0.05, 0) is 137 Å². The van der Waals surface area contributed by atoms with Crippen LogP contribution >= 0.6 is 0 Å². The summed E-state index contributed by atoms with van der Waals surface area (Å²) in [6, 6.07) is 80.1. The van der Waals surface area contributed by atoms with Crippen LogP contribution in [0.1, 0.15) is 47.9 Å². The minimum atomic E-state index is -0.299. The van der Waals surface area contributed by atoms with Gasteiger partial charge in [0.1, 0.15) is 0 Å². The highest BCUT2D eigenvalue weighted by Crippen LogP contribution is 2.50. The standard InChI is InChI=1S/C67H52N2/c1-7-19-55(20-8-1)67(56-21-9-2-10-22-56,57-23-11-3-12-24-57)58-40-38-51(39-41-58)53-37-36-52-45-49(33-35-54(52)47-53)31-32-50-34-43-63-64-44-42-62(48-66(64)69(65(63)46-50)61-29-17-6-18-30-61)68(59-25-13-4-14-26-59)60-27-15-5-16-28-60/h1-9,11,13-21,23,25-48H,10,12,22,24H2/b32-31+. The Morgan fingerprint density at radius 3 is 1.54 bits per heavy atom. The molecule has 69 heavy (non-hydrogen) atoms. The third kappa shape index (κ3) is 7.84. The summed E-state index contributed by atoms with van der Waals surface area (Å²) in [5, 5.41) is 4.92. The van der Waals surface area contributed by atoms with Gasteiger partial charge in [0.25, 0.3) is 0 Å². The van der Waals surface area contributed by atoms with Gasteiger partial charge in [0, 0.05) is 33.5 Å². The first kappa shape index (κ1) is 41.9. The van der Waals surface area contributed by atoms with E-state index < -0.39 is 0 Å². The van der Waals surface area contributed by atoms with Gasteiger partial charge in [-0.15, -0.1) is 0 Å². The van der Waals surface area contributed by atoms with Gasteiger partial charge in [-0.2, -0.15) is 0 Å². The molecule has 2 aliphatic rings. The highest BCUT2D eigenvalue weighted by Gasteiger charge is 2.41. The molecular weight excluding hydrogens is 833 g/mol. The average molecular weight is 885 g/mol. The maximum absolute atomic E-state index is 2.42. The van der Waals surface area contributed by atoms with Crippen LogP contribution in [0, 0.1) is 0 Å². The van der Waals surface area contributed by atoms with Crippen molar-refractivity contribution in [3.63, 3.8) is 0 Å². The minimum absolute atomic E-state index is 0.299. The molecule has 0 amide bonds. The molecule has 10 aromatic rings. The van der Waals surface area contributed by atoms with Crippen molar-refractivity contribution in [1.29, 1.82) is 0 Å². The van der Waals surface area contributed by atoms with Crippen LogP contribution in [-0.2, 0) is 5.41 Å². The summed E-state index contributed by atoms with van der Waals surface area (Å²) in [4.78, 5) is 2.33. The Hall–Kier alpha value is -8.46. The lowest BCUT2D eigenvalue weighted by Gasteiger charge is -2.41. The normalized spacial score (nSPS) is 13.9. The van der Waals surface area contributed by atoms with Gasteiger partial charge >= 0.3 is 0 Å². The number of aromatic nitrogens is 1. The van der Waals surface area contributed by atoms with Crippen molar-refractivity contribution in [2.45, 2.75) is 31.1 Å². The van der Waals surface area contributed by atoms with Gasteiger partial charge in [0.15, 0.2) is 0 Å². The van der Waals surface area contributed by atoms with Gasteiger partial charge in [-0.25, -0.2) is 0 Å². The molecule has 0 spiro atoms. The SMILES string of the molecule is C1=CCCC(C(C2=CC=CCC2)(c2ccccc2)c2ccc(-c3ccc4cc(/C=C/c5ccc6c7ccc(N(c8ccccc8)c8ccccc8)cc7n(-c7ccccc7)c6c5)ccc4c3)cc2)=C1. The summed E-state index contributed by atoms with van der Waals surface area (Å²) in [7, 11) is 0. The van der Waals surface area contributed by atoms with Crippen molar-refractivity contribution in [3.8, 4) is 16.8 Å². The van der Waals surface area contributed by atoms with Crippen LogP contribution < -0.4 is 4.90 Å². The van der Waals surface area contributed by atoms with Crippen LogP contribution in [-0.4, -0.2) is 4.57 Å². The number of anilines is 3. The molecule has 0 saturated carbocycles. The van der Waals surface area contributed by atoms with Gasteiger partial charge in [-0.1, -0.05) is 211 Å². The van der Waals surface area contributed by atoms with Gasteiger partial charge in [0.2, 0.25) is 0 Å². The Morgan fingerprint density at radius 2 is 0.913 bits per heavy atom. The molecule has 2 aliphatic carbocycles. The number of fused-ring (bicyclic) bond motifs is 4. The Bertz CT molecular complexity index is 3560. The van der Waals surface area contributed by atoms with E-state index in [-0.39, 0.29) is 5.41 Å². The second kappa shape index (κ2) is 18.3. The third-order valence-electron chi connectivity index (χ3n) is 14.3. The van der Waals surface area contributed by atoms with Crippen molar-refractivity contribution in [2.75, 3.05) is 4.90 Å². The maximum Gasteiger partial charge on any atom is 0.0627 e. The fraction of sp³-hybridized carbons (Fsp3) is 0.0746. The fourth-order valence-corrected chi connectivity index (χ4v) is 11.0. The largest absolute Gasteiger partial charge is 0.310 e. The predicted molar refractivity (Wildman–Crippen MR) is 294 cm³/mol. The molecule has 0 N–H and O–H groups in total. The second-order valence-corrected chi connectivity index (χ2v) is 18.3. The van der Waals surface area contributed by atoms with E-state index in [1.54, 1.807) is 0 Å². The molecular formula is C67H52N2. The summed E-state index contributed by atoms with van der Waals surface area (Å²) < 4.78 is 2.42. The molecule has 0 radical (unpaired) electrons. The molecule has 0 saturated heterocycles. The topological polar surface area (TPSA) is 8.17 Å². The zero-order valence-electron chi connectivity index (χ0n) is 38.6. The molecule has 0 fully saturated rings. The van der Waals surface area contributed by atoms with Crippen LogP contribution in [0.15, 0.2) is 266 Å². The summed E-state index contributed by atoms with van der Waals surface area (Å²) in [6.07, 6.45) is 22.6. The summed E-state index contributed by atoms with van der Waals surface area (Å²) in [5.41, 5.74) is 16.9. The quantitative estimate of drug-likeness (QED) is 0.118. The average Bonchev–Trinajstić information content (AvgIpc) is 3.75. The summed E-state index contributed by atoms with van der Waals surface area (Å²) in [5.74, 6) is 0. The van der Waals surface area contributed by atoms with Crippen molar-refractivity contribution >= 4 is 61.8 Å². The number of allylic oxidation sites excluding steroid dienone is 8. The molecule has 1 aromatic heterocycles. The van der Waals surface area contributed by atoms with E-state index in [9.17, 15) is 0 Å². The molecule has 12 rings (SSSR count). The summed E-state index contributed by atoms with van der Waals surface area (Å²) >= 11 is 0. The predicted octanol–water partition coefficient (Wildman–Crippen LogP) is 18.1. The first-order valence-corrected chi connectivity index (χ1v) is 24.4. The molecule has 1 heterocycles. The zero-order valence-corrected chi connectivity index (χ0v) is 38.6. The highest BCUT2D eigenvalue weighted by molar-refractivity contribution is 6.11. The molecule has 0 atom stereocenters. The number of nitrogens with zero attached hydrogens (tertiary/aromatic N) is 2. The van der Waals surface area contributed by atoms with Crippen LogP contribution in [0.25, 0.3) is 61.5 Å². The third-order valence-corrected chi connectivity index (χ3v) is 14.3. The minimum Gasteiger partial charge on any atom is -0.310 e. The lowest BCUT2D eigenvalue weighted by molar-refractivity contribution is 0.629. The fourth-order valence-electron chi connectivity index (χ4n) is 11.0. The Labute approximate surface area is 405 Å². The highest BCUT2D eigenvalue weighted by atomic mass is 15.1. The number of rotatable bonds is 11. The number of benzene rings is 9. The van der Waals surface area contributed by atoms with E-state index in [2.05, 4.69) is 276 Å². The molecule has 330 valence electrons. The van der Waals surface area contributed by atoms with Gasteiger partial charge in [-0.3, -0.25) is 0 Å². The number of hydrogen-bond acceptors (Lipinski definition) is 1. The van der Waals surface area contributed by atoms with Crippen molar-refractivity contribution in [3.05, 3.63) is 288 Å². The zero-order chi connectivity index (χ0) is 46.0. The first-order valence-electron chi connectivity index (χ1n) is 24.4. The molecule has 0 aliphatic heterocycles. The van der Waals surface area contributed by atoms with Gasteiger partial charge in [0.05, 0.1) is 16.4 Å². The lowest BCUT2D eigenvalue weighted by atomic mass is 9.61.